The minimum Gasteiger partial charge on any atom is -0.315 e. The first-order valence-corrected chi connectivity index (χ1v) is 6.82. The first kappa shape index (κ1) is 11.9. The van der Waals surface area contributed by atoms with Gasteiger partial charge in [0, 0.05) is 19.6 Å². The van der Waals surface area contributed by atoms with Crippen molar-refractivity contribution in [1.29, 1.82) is 0 Å². The third-order valence-corrected chi connectivity index (χ3v) is 4.25. The Balaban J connectivity index is 2.19. The molecule has 4 nitrogen and oxygen atoms in total. The SMILES string of the molecule is CC(C)CNCCN1CCCS1(=O)=O. The lowest BCUT2D eigenvalue weighted by Crippen LogP contribution is -2.34. The Morgan fingerprint density at radius 3 is 2.64 bits per heavy atom. The molecule has 0 amide bonds. The van der Waals surface area contributed by atoms with Crippen molar-refractivity contribution in [1.82, 2.24) is 9.62 Å². The molecule has 0 aliphatic carbocycles. The van der Waals surface area contributed by atoms with Crippen LogP contribution < -0.4 is 5.32 Å². The molecule has 0 aromatic carbocycles. The predicted octanol–water partition coefficient (Wildman–Crippen LogP) is 0.267. The molecular weight excluding hydrogens is 200 g/mol. The molecule has 0 aromatic rings. The van der Waals surface area contributed by atoms with Crippen LogP contribution in [0.3, 0.4) is 0 Å². The van der Waals surface area contributed by atoms with Gasteiger partial charge in [-0.3, -0.25) is 0 Å². The van der Waals surface area contributed by atoms with E-state index in [-0.39, 0.29) is 0 Å². The van der Waals surface area contributed by atoms with Gasteiger partial charge in [0.05, 0.1) is 5.75 Å². The summed E-state index contributed by atoms with van der Waals surface area (Å²) < 4.78 is 24.4. The minimum absolute atomic E-state index is 0.331. The van der Waals surface area contributed by atoms with Gasteiger partial charge in [0.1, 0.15) is 0 Å². The highest BCUT2D eigenvalue weighted by atomic mass is 32.2. The normalized spacial score (nSPS) is 21.9. The molecule has 1 aliphatic rings. The first-order valence-electron chi connectivity index (χ1n) is 5.21. The van der Waals surface area contributed by atoms with Crippen molar-refractivity contribution in [2.45, 2.75) is 20.3 Å². The van der Waals surface area contributed by atoms with E-state index in [1.54, 1.807) is 4.31 Å². The summed E-state index contributed by atoms with van der Waals surface area (Å²) in [5.74, 6) is 0.946. The smallest absolute Gasteiger partial charge is 0.214 e. The van der Waals surface area contributed by atoms with E-state index in [1.165, 1.54) is 0 Å². The quantitative estimate of drug-likeness (QED) is 0.677. The molecule has 0 unspecified atom stereocenters. The maximum atomic E-state index is 11.4. The van der Waals surface area contributed by atoms with E-state index in [4.69, 9.17) is 0 Å². The maximum Gasteiger partial charge on any atom is 0.214 e. The molecule has 1 N–H and O–H groups in total. The van der Waals surface area contributed by atoms with Crippen molar-refractivity contribution in [3.63, 3.8) is 0 Å². The van der Waals surface area contributed by atoms with Crippen LogP contribution in [-0.4, -0.2) is 44.7 Å². The highest BCUT2D eigenvalue weighted by Crippen LogP contribution is 2.11. The van der Waals surface area contributed by atoms with E-state index >= 15 is 0 Å². The standard InChI is InChI=1S/C9H20N2O2S/c1-9(2)8-10-4-6-11-5-3-7-14(11,12)13/h9-10H,3-8H2,1-2H3. The number of sulfonamides is 1. The summed E-state index contributed by atoms with van der Waals surface area (Å²) >= 11 is 0. The topological polar surface area (TPSA) is 49.4 Å². The fourth-order valence-corrected chi connectivity index (χ4v) is 3.07. The zero-order valence-corrected chi connectivity index (χ0v) is 9.81. The minimum atomic E-state index is -2.89. The summed E-state index contributed by atoms with van der Waals surface area (Å²) in [7, 11) is -2.89. The monoisotopic (exact) mass is 220 g/mol. The van der Waals surface area contributed by atoms with Gasteiger partial charge in [-0.05, 0) is 18.9 Å². The molecule has 1 aliphatic heterocycles. The number of hydrogen-bond acceptors (Lipinski definition) is 3. The Hall–Kier alpha value is -0.130. The van der Waals surface area contributed by atoms with E-state index in [9.17, 15) is 8.42 Å². The van der Waals surface area contributed by atoms with Gasteiger partial charge in [0.15, 0.2) is 0 Å². The molecule has 5 heteroatoms. The molecule has 0 atom stereocenters. The summed E-state index contributed by atoms with van der Waals surface area (Å²) in [4.78, 5) is 0. The molecular formula is C9H20N2O2S. The molecule has 0 radical (unpaired) electrons. The highest BCUT2D eigenvalue weighted by molar-refractivity contribution is 7.89. The number of nitrogens with one attached hydrogen (secondary N) is 1. The second-order valence-electron chi connectivity index (χ2n) is 4.17. The fraction of sp³-hybridized carbons (Fsp3) is 1.00. The average Bonchev–Trinajstić information content (AvgIpc) is 2.39. The van der Waals surface area contributed by atoms with Crippen molar-refractivity contribution in [2.24, 2.45) is 5.92 Å². The van der Waals surface area contributed by atoms with Gasteiger partial charge in [0.2, 0.25) is 10.0 Å². The lowest BCUT2D eigenvalue weighted by Gasteiger charge is -2.15. The van der Waals surface area contributed by atoms with E-state index in [0.717, 1.165) is 19.5 Å². The van der Waals surface area contributed by atoms with Crippen molar-refractivity contribution >= 4 is 10.0 Å². The Morgan fingerprint density at radius 1 is 1.43 bits per heavy atom. The van der Waals surface area contributed by atoms with Gasteiger partial charge in [-0.1, -0.05) is 13.8 Å². The Labute approximate surface area is 86.7 Å². The van der Waals surface area contributed by atoms with E-state index in [2.05, 4.69) is 19.2 Å². The molecule has 14 heavy (non-hydrogen) atoms. The van der Waals surface area contributed by atoms with Crippen LogP contribution in [0.5, 0.6) is 0 Å². The van der Waals surface area contributed by atoms with Crippen molar-refractivity contribution in [3.05, 3.63) is 0 Å². The van der Waals surface area contributed by atoms with Gasteiger partial charge in [-0.25, -0.2) is 12.7 Å². The summed E-state index contributed by atoms with van der Waals surface area (Å²) in [6, 6.07) is 0. The summed E-state index contributed by atoms with van der Waals surface area (Å²) in [5, 5.41) is 3.24. The second-order valence-corrected chi connectivity index (χ2v) is 6.26. The lowest BCUT2D eigenvalue weighted by atomic mass is 10.2. The largest absolute Gasteiger partial charge is 0.315 e. The van der Waals surface area contributed by atoms with Crippen LogP contribution in [0.2, 0.25) is 0 Å². The van der Waals surface area contributed by atoms with E-state index in [0.29, 0.717) is 24.8 Å². The molecule has 0 saturated carbocycles. The van der Waals surface area contributed by atoms with Crippen molar-refractivity contribution in [3.8, 4) is 0 Å². The van der Waals surface area contributed by atoms with E-state index in [1.807, 2.05) is 0 Å². The molecule has 1 heterocycles. The van der Waals surface area contributed by atoms with Crippen LogP contribution in [0.4, 0.5) is 0 Å². The van der Waals surface area contributed by atoms with Gasteiger partial charge in [0.25, 0.3) is 0 Å². The van der Waals surface area contributed by atoms with Gasteiger partial charge in [-0.2, -0.15) is 0 Å². The molecule has 84 valence electrons. The van der Waals surface area contributed by atoms with Crippen molar-refractivity contribution < 1.29 is 8.42 Å². The van der Waals surface area contributed by atoms with Gasteiger partial charge in [-0.15, -0.1) is 0 Å². The maximum absolute atomic E-state index is 11.4. The van der Waals surface area contributed by atoms with E-state index < -0.39 is 10.0 Å². The number of nitrogens with zero attached hydrogens (tertiary/aromatic N) is 1. The number of hydrogen-bond donors (Lipinski definition) is 1. The lowest BCUT2D eigenvalue weighted by molar-refractivity contribution is 0.425. The number of rotatable bonds is 5. The van der Waals surface area contributed by atoms with Crippen LogP contribution in [-0.2, 0) is 10.0 Å². The molecule has 0 bridgehead atoms. The zero-order chi connectivity index (χ0) is 10.6. The Bertz CT molecular complexity index is 262. The Morgan fingerprint density at radius 2 is 2.14 bits per heavy atom. The summed E-state index contributed by atoms with van der Waals surface area (Å²) in [5.41, 5.74) is 0. The van der Waals surface area contributed by atoms with Crippen molar-refractivity contribution in [2.75, 3.05) is 31.9 Å². The van der Waals surface area contributed by atoms with Gasteiger partial charge >= 0.3 is 0 Å². The second kappa shape index (κ2) is 5.09. The fourth-order valence-electron chi connectivity index (χ4n) is 1.54. The third kappa shape index (κ3) is 3.55. The van der Waals surface area contributed by atoms with Crippen LogP contribution >= 0.6 is 0 Å². The van der Waals surface area contributed by atoms with Crippen LogP contribution in [0.25, 0.3) is 0 Å². The zero-order valence-electron chi connectivity index (χ0n) is 8.99. The molecule has 0 aromatic heterocycles. The first-order chi connectivity index (χ1) is 6.52. The van der Waals surface area contributed by atoms with Crippen LogP contribution in [0.15, 0.2) is 0 Å². The average molecular weight is 220 g/mol. The van der Waals surface area contributed by atoms with Crippen LogP contribution in [0, 0.1) is 5.92 Å². The molecule has 0 spiro atoms. The molecule has 1 rings (SSSR count). The van der Waals surface area contributed by atoms with Gasteiger partial charge < -0.3 is 5.32 Å². The molecule has 1 saturated heterocycles. The predicted molar refractivity (Wildman–Crippen MR) is 57.7 cm³/mol. The third-order valence-electron chi connectivity index (χ3n) is 2.29. The molecule has 1 fully saturated rings. The highest BCUT2D eigenvalue weighted by Gasteiger charge is 2.27. The Kier molecular flexibility index (Phi) is 4.34. The summed E-state index contributed by atoms with van der Waals surface area (Å²) in [6.45, 7) is 7.31. The van der Waals surface area contributed by atoms with Crippen LogP contribution in [0.1, 0.15) is 20.3 Å². The summed E-state index contributed by atoms with van der Waals surface area (Å²) in [6.07, 6.45) is 0.784.